The first-order valence-electron chi connectivity index (χ1n) is 12.4. The van der Waals surface area contributed by atoms with Crippen molar-refractivity contribution in [1.82, 2.24) is 9.88 Å². The number of nitrogens with one attached hydrogen (secondary N) is 1. The summed E-state index contributed by atoms with van der Waals surface area (Å²) < 4.78 is 33.5. The Balaban J connectivity index is 1.35. The van der Waals surface area contributed by atoms with Crippen LogP contribution < -0.4 is 15.6 Å². The molecule has 11 heteroatoms. The summed E-state index contributed by atoms with van der Waals surface area (Å²) in [5.74, 6) is -3.64. The highest BCUT2D eigenvalue weighted by Crippen LogP contribution is 2.36. The molecular weight excluding hydrogens is 522 g/mol. The van der Waals surface area contributed by atoms with Crippen molar-refractivity contribution in [3.05, 3.63) is 111 Å². The molecular formula is C29H24F2N4O5. The number of hydrogen-bond donors (Lipinski definition) is 2. The molecule has 0 spiro atoms. The molecule has 2 N–H and O–H groups in total. The maximum absolute atomic E-state index is 13.6. The van der Waals surface area contributed by atoms with Gasteiger partial charge >= 0.3 is 5.97 Å². The number of carbonyl (C=O) groups is 2. The fourth-order valence-corrected chi connectivity index (χ4v) is 4.63. The van der Waals surface area contributed by atoms with Crippen molar-refractivity contribution < 1.29 is 28.2 Å². The van der Waals surface area contributed by atoms with Crippen LogP contribution in [0.25, 0.3) is 0 Å². The highest BCUT2D eigenvalue weighted by molar-refractivity contribution is 5.93. The highest BCUT2D eigenvalue weighted by Gasteiger charge is 2.29. The van der Waals surface area contributed by atoms with E-state index in [2.05, 4.69) is 21.4 Å². The van der Waals surface area contributed by atoms with E-state index in [4.69, 9.17) is 9.84 Å². The molecule has 2 aliphatic rings. The summed E-state index contributed by atoms with van der Waals surface area (Å²) >= 11 is 0. The summed E-state index contributed by atoms with van der Waals surface area (Å²) in [6.45, 7) is -0.559. The lowest BCUT2D eigenvalue weighted by atomic mass is 9.90. The quantitative estimate of drug-likeness (QED) is 0.398. The number of halogens is 2. The number of nitrogens with zero attached hydrogens (tertiary/aromatic N) is 3. The molecule has 3 aromatic rings. The minimum Gasteiger partial charge on any atom is -0.482 e. The highest BCUT2D eigenvalue weighted by atomic mass is 19.2. The van der Waals surface area contributed by atoms with Gasteiger partial charge in [0.1, 0.15) is 11.3 Å². The summed E-state index contributed by atoms with van der Waals surface area (Å²) in [6, 6.07) is 11.5. The Hall–Kier alpha value is -4.93. The van der Waals surface area contributed by atoms with Crippen LogP contribution in [0.15, 0.2) is 81.2 Å². The molecule has 2 atom stereocenters. The van der Waals surface area contributed by atoms with Gasteiger partial charge in [0.15, 0.2) is 24.4 Å². The second-order valence-corrected chi connectivity index (χ2v) is 9.30. The predicted molar refractivity (Wildman–Crippen MR) is 143 cm³/mol. The molecule has 0 bridgehead atoms. The number of ether oxygens (including phenoxy) is 1. The van der Waals surface area contributed by atoms with Crippen molar-refractivity contribution in [3.63, 3.8) is 0 Å². The Morgan fingerprint density at radius 3 is 2.73 bits per heavy atom. The van der Waals surface area contributed by atoms with Gasteiger partial charge in [-0.1, -0.05) is 18.2 Å². The van der Waals surface area contributed by atoms with Crippen LogP contribution >= 0.6 is 0 Å². The Bertz CT molecular complexity index is 1630. The van der Waals surface area contributed by atoms with Crippen LogP contribution in [0.5, 0.6) is 5.75 Å². The number of fused-ring (bicyclic) bond motifs is 1. The van der Waals surface area contributed by atoms with E-state index < -0.39 is 35.7 Å². The SMILES string of the molecule is O=C(O)COc1cc(CNC(=O)c2cccn(Cc3ccc(F)c(F)c3)c2=O)cc(C2C=NC3N=CCC=C32)c1. The third kappa shape index (κ3) is 5.88. The van der Waals surface area contributed by atoms with E-state index in [9.17, 15) is 23.2 Å². The van der Waals surface area contributed by atoms with Crippen LogP contribution in [0.1, 0.15) is 39.4 Å². The maximum Gasteiger partial charge on any atom is 0.341 e. The van der Waals surface area contributed by atoms with E-state index in [1.54, 1.807) is 24.6 Å². The van der Waals surface area contributed by atoms with Crippen LogP contribution in [0, 0.1) is 11.6 Å². The summed E-state index contributed by atoms with van der Waals surface area (Å²) in [6.07, 6.45) is 7.51. The monoisotopic (exact) mass is 546 g/mol. The topological polar surface area (TPSA) is 122 Å². The predicted octanol–water partition coefficient (Wildman–Crippen LogP) is 3.46. The summed E-state index contributed by atoms with van der Waals surface area (Å²) in [7, 11) is 0. The first kappa shape index (κ1) is 26.7. The van der Waals surface area contributed by atoms with Gasteiger partial charge < -0.3 is 19.7 Å². The lowest BCUT2D eigenvalue weighted by molar-refractivity contribution is -0.139. The molecule has 0 fully saturated rings. The van der Waals surface area contributed by atoms with E-state index in [0.717, 1.165) is 23.3 Å². The number of dihydropyridines is 1. The molecule has 40 heavy (non-hydrogen) atoms. The number of carboxylic acids is 1. The average molecular weight is 547 g/mol. The Labute approximate surface area is 227 Å². The zero-order valence-electron chi connectivity index (χ0n) is 21.1. The number of amides is 1. The number of hydrogen-bond acceptors (Lipinski definition) is 6. The van der Waals surface area contributed by atoms with Gasteiger partial charge in [-0.05, 0) is 58.7 Å². The third-order valence-corrected chi connectivity index (χ3v) is 6.50. The first-order valence-corrected chi connectivity index (χ1v) is 12.4. The lowest BCUT2D eigenvalue weighted by Crippen LogP contribution is -2.32. The van der Waals surface area contributed by atoms with Gasteiger partial charge in [0.05, 0.1) is 6.54 Å². The zero-order chi connectivity index (χ0) is 28.2. The Kier molecular flexibility index (Phi) is 7.63. The maximum atomic E-state index is 13.6. The number of benzene rings is 2. The van der Waals surface area contributed by atoms with E-state index in [1.807, 2.05) is 6.07 Å². The molecule has 0 radical (unpaired) electrons. The third-order valence-electron chi connectivity index (χ3n) is 6.50. The minimum absolute atomic E-state index is 0.0259. The number of pyridine rings is 1. The standard InChI is InChI=1S/C29H24F2N4O5/c30-24-6-5-17(11-25(24)31)15-35-8-2-4-22(29(35)39)28(38)34-13-18-9-19(12-20(10-18)40-16-26(36)37)23-14-33-27-21(23)3-1-7-32-27/h2-12,14,23,27H,1,13,15-16H2,(H,34,38)(H,36,37). The van der Waals surface area contributed by atoms with Crippen LogP contribution in [-0.4, -0.2) is 46.8 Å². The lowest BCUT2D eigenvalue weighted by Gasteiger charge is -2.18. The smallest absolute Gasteiger partial charge is 0.341 e. The van der Waals surface area contributed by atoms with Crippen molar-refractivity contribution >= 4 is 24.3 Å². The number of rotatable bonds is 9. The number of aromatic nitrogens is 1. The van der Waals surface area contributed by atoms with Crippen LogP contribution in [0.4, 0.5) is 8.78 Å². The van der Waals surface area contributed by atoms with Gasteiger partial charge in [-0.3, -0.25) is 19.6 Å². The molecule has 0 saturated heterocycles. The number of aliphatic imine (C=N–C) groups is 2. The number of allylic oxidation sites excluding steroid dienone is 1. The molecule has 9 nitrogen and oxygen atoms in total. The normalized spacial score (nSPS) is 17.3. The minimum atomic E-state index is -1.13. The van der Waals surface area contributed by atoms with Gasteiger partial charge in [0.2, 0.25) is 0 Å². The van der Waals surface area contributed by atoms with Crippen LogP contribution in [0.2, 0.25) is 0 Å². The molecule has 204 valence electrons. The fraction of sp³-hybridized carbons (Fsp3) is 0.207. The molecule has 2 aliphatic heterocycles. The summed E-state index contributed by atoms with van der Waals surface area (Å²) in [5.41, 5.74) is 2.08. The van der Waals surface area contributed by atoms with Gasteiger partial charge in [-0.2, -0.15) is 0 Å². The van der Waals surface area contributed by atoms with Gasteiger partial charge in [-0.15, -0.1) is 0 Å². The molecule has 1 aromatic heterocycles. The van der Waals surface area contributed by atoms with Gasteiger partial charge in [0.25, 0.3) is 11.5 Å². The van der Waals surface area contributed by atoms with Crippen molar-refractivity contribution in [3.8, 4) is 5.75 Å². The van der Waals surface area contributed by atoms with Gasteiger partial charge in [0, 0.05) is 37.5 Å². The van der Waals surface area contributed by atoms with Crippen molar-refractivity contribution in [2.45, 2.75) is 31.6 Å². The van der Waals surface area contributed by atoms with E-state index in [0.29, 0.717) is 23.3 Å². The Morgan fingerprint density at radius 1 is 1.07 bits per heavy atom. The number of carboxylic acid groups (broad SMARTS) is 1. The molecule has 5 rings (SSSR count). The van der Waals surface area contributed by atoms with Crippen molar-refractivity contribution in [2.24, 2.45) is 9.98 Å². The van der Waals surface area contributed by atoms with Crippen molar-refractivity contribution in [1.29, 1.82) is 0 Å². The van der Waals surface area contributed by atoms with E-state index in [1.165, 1.54) is 29.0 Å². The molecule has 0 saturated carbocycles. The molecule has 0 aliphatic carbocycles. The van der Waals surface area contributed by atoms with Crippen LogP contribution in [0.3, 0.4) is 0 Å². The first-order chi connectivity index (χ1) is 19.3. The van der Waals surface area contributed by atoms with Crippen LogP contribution in [-0.2, 0) is 17.9 Å². The summed E-state index contributed by atoms with van der Waals surface area (Å²) in [5, 5.41) is 11.8. The zero-order valence-corrected chi connectivity index (χ0v) is 21.1. The second-order valence-electron chi connectivity index (χ2n) is 9.30. The average Bonchev–Trinajstić information content (AvgIpc) is 3.38. The summed E-state index contributed by atoms with van der Waals surface area (Å²) in [4.78, 5) is 45.9. The number of aliphatic carboxylic acids is 1. The Morgan fingerprint density at radius 2 is 1.93 bits per heavy atom. The fourth-order valence-electron chi connectivity index (χ4n) is 4.63. The van der Waals surface area contributed by atoms with Gasteiger partial charge in [-0.25, -0.2) is 13.6 Å². The largest absolute Gasteiger partial charge is 0.482 e. The molecule has 3 heterocycles. The molecule has 2 aromatic carbocycles. The number of carbonyl (C=O) groups excluding carboxylic acids is 1. The van der Waals surface area contributed by atoms with Crippen molar-refractivity contribution in [2.75, 3.05) is 6.61 Å². The van der Waals surface area contributed by atoms with E-state index >= 15 is 0 Å². The molecule has 1 amide bonds. The molecule has 2 unspecified atom stereocenters. The second kappa shape index (κ2) is 11.4. The van der Waals surface area contributed by atoms with E-state index in [-0.39, 0.29) is 30.7 Å².